The summed E-state index contributed by atoms with van der Waals surface area (Å²) in [6.07, 6.45) is -1.43. The summed E-state index contributed by atoms with van der Waals surface area (Å²) in [5, 5.41) is 4.30. The van der Waals surface area contributed by atoms with E-state index < -0.39 is 29.7 Å². The molecule has 0 spiro atoms. The lowest BCUT2D eigenvalue weighted by Gasteiger charge is -2.22. The first-order chi connectivity index (χ1) is 19.8. The van der Waals surface area contributed by atoms with E-state index in [0.717, 1.165) is 5.56 Å². The molecule has 4 aromatic rings. The number of carbonyl (C=O) groups is 3. The number of alkyl halides is 2. The van der Waals surface area contributed by atoms with Crippen LogP contribution < -0.4 is 20.1 Å². The lowest BCUT2D eigenvalue weighted by Crippen LogP contribution is -2.55. The fourth-order valence-electron chi connectivity index (χ4n) is 3.89. The molecule has 4 rings (SSSR count). The number of ketones is 1. The van der Waals surface area contributed by atoms with Crippen molar-refractivity contribution in [3.05, 3.63) is 132 Å². The molecule has 1 atom stereocenters. The molecule has 0 heterocycles. The third-order valence-corrected chi connectivity index (χ3v) is 6.06. The van der Waals surface area contributed by atoms with E-state index in [2.05, 4.69) is 10.6 Å². The Morgan fingerprint density at radius 3 is 1.85 bits per heavy atom. The number of nitrogens with one attached hydrogen (secondary N) is 2. The molecule has 2 N–H and O–H groups in total. The number of hydrogen-bond acceptors (Lipinski definition) is 5. The Kier molecular flexibility index (Phi) is 9.77. The lowest BCUT2D eigenvalue weighted by atomic mass is 9.98. The van der Waals surface area contributed by atoms with Gasteiger partial charge in [0.2, 0.25) is 5.78 Å². The molecule has 0 fully saturated rings. The van der Waals surface area contributed by atoms with E-state index in [-0.39, 0.29) is 18.7 Å². The van der Waals surface area contributed by atoms with E-state index in [1.807, 2.05) is 30.3 Å². The second kappa shape index (κ2) is 13.8. The van der Waals surface area contributed by atoms with Crippen molar-refractivity contribution >= 4 is 17.8 Å². The second-order valence-corrected chi connectivity index (χ2v) is 9.13. The van der Waals surface area contributed by atoms with Crippen LogP contribution in [0, 0.1) is 0 Å². The highest BCUT2D eigenvalue weighted by molar-refractivity contribution is 6.10. The van der Waals surface area contributed by atoms with Crippen molar-refractivity contribution in [1.82, 2.24) is 10.6 Å². The second-order valence-electron chi connectivity index (χ2n) is 9.13. The highest BCUT2D eigenvalue weighted by Gasteiger charge is 2.50. The van der Waals surface area contributed by atoms with Crippen LogP contribution in [0.15, 0.2) is 115 Å². The zero-order valence-corrected chi connectivity index (χ0v) is 22.0. The van der Waals surface area contributed by atoms with Crippen LogP contribution in [0.2, 0.25) is 0 Å². The molecule has 7 nitrogen and oxygen atoms in total. The van der Waals surface area contributed by atoms with Crippen LogP contribution in [0.5, 0.6) is 11.5 Å². The van der Waals surface area contributed by atoms with Crippen molar-refractivity contribution in [3.63, 3.8) is 0 Å². The van der Waals surface area contributed by atoms with E-state index in [9.17, 15) is 14.4 Å². The summed E-state index contributed by atoms with van der Waals surface area (Å²) in [7, 11) is 0. The molecule has 1 unspecified atom stereocenters. The summed E-state index contributed by atoms with van der Waals surface area (Å²) in [6.45, 7) is 0.139. The molecule has 0 radical (unpaired) electrons. The van der Waals surface area contributed by atoms with Gasteiger partial charge in [0.05, 0.1) is 0 Å². The molecule has 2 amide bonds. The minimum atomic E-state index is -4.42. The van der Waals surface area contributed by atoms with E-state index >= 15 is 8.78 Å². The summed E-state index contributed by atoms with van der Waals surface area (Å²) in [5.74, 6) is -7.26. The Morgan fingerprint density at radius 2 is 1.24 bits per heavy atom. The van der Waals surface area contributed by atoms with Gasteiger partial charge in [-0.3, -0.25) is 9.59 Å². The number of carbonyl (C=O) groups excluding carboxylic acids is 3. The molecular formula is C32H28F2N2O5. The molecule has 4 aromatic carbocycles. The zero-order valence-electron chi connectivity index (χ0n) is 22.0. The van der Waals surface area contributed by atoms with Crippen molar-refractivity contribution in [2.75, 3.05) is 0 Å². The van der Waals surface area contributed by atoms with Gasteiger partial charge in [0, 0.05) is 13.0 Å². The number of para-hydroxylation sites is 1. The van der Waals surface area contributed by atoms with Gasteiger partial charge in [0.15, 0.2) is 0 Å². The molecule has 0 aliphatic carbocycles. The quantitative estimate of drug-likeness (QED) is 0.225. The first kappa shape index (κ1) is 28.9. The Morgan fingerprint density at radius 1 is 0.683 bits per heavy atom. The van der Waals surface area contributed by atoms with Crippen molar-refractivity contribution in [2.45, 2.75) is 31.5 Å². The smallest absolute Gasteiger partial charge is 0.413 e. The van der Waals surface area contributed by atoms with Gasteiger partial charge < -0.3 is 20.1 Å². The van der Waals surface area contributed by atoms with Gasteiger partial charge in [0.1, 0.15) is 24.1 Å². The summed E-state index contributed by atoms with van der Waals surface area (Å²) in [4.78, 5) is 38.0. The topological polar surface area (TPSA) is 93.7 Å². The minimum Gasteiger partial charge on any atom is -0.489 e. The van der Waals surface area contributed by atoms with Gasteiger partial charge in [-0.1, -0.05) is 91.0 Å². The molecule has 9 heteroatoms. The van der Waals surface area contributed by atoms with Crippen molar-refractivity contribution in [3.8, 4) is 11.5 Å². The first-order valence-corrected chi connectivity index (χ1v) is 12.8. The Balaban J connectivity index is 1.46. The standard InChI is InChI=1S/C32H28F2N2O5/c33-32(34,30(38)35-21-24-10-4-1-5-11-24)29(37)28(36-31(39)41-27-14-8-3-9-15-27)20-23-16-18-26(19-17-23)40-22-25-12-6-2-7-13-25/h1-19,28H,20-22H2,(H,35,38)(H,36,39). The minimum absolute atomic E-state index is 0.156. The van der Waals surface area contributed by atoms with Gasteiger partial charge in [0.25, 0.3) is 5.91 Å². The average Bonchev–Trinajstić information content (AvgIpc) is 3.00. The van der Waals surface area contributed by atoms with Crippen molar-refractivity contribution in [1.29, 1.82) is 0 Å². The molecule has 0 aromatic heterocycles. The van der Waals surface area contributed by atoms with E-state index in [0.29, 0.717) is 23.5 Å². The van der Waals surface area contributed by atoms with Gasteiger partial charge in [-0.2, -0.15) is 8.78 Å². The Bertz CT molecular complexity index is 1430. The predicted molar refractivity (Wildman–Crippen MR) is 149 cm³/mol. The molecule has 0 aliphatic heterocycles. The van der Waals surface area contributed by atoms with Crippen molar-refractivity contribution in [2.24, 2.45) is 0 Å². The molecule has 0 saturated carbocycles. The number of rotatable bonds is 12. The Labute approximate surface area is 236 Å². The van der Waals surface area contributed by atoms with Gasteiger partial charge in [-0.05, 0) is 41.0 Å². The number of ether oxygens (including phenoxy) is 2. The summed E-state index contributed by atoms with van der Waals surface area (Å²) >= 11 is 0. The zero-order chi connectivity index (χ0) is 29.1. The SMILES string of the molecule is O=C(NC(Cc1ccc(OCc2ccccc2)cc1)C(=O)C(F)(F)C(=O)NCc1ccccc1)Oc1ccccc1. The highest BCUT2D eigenvalue weighted by atomic mass is 19.3. The first-order valence-electron chi connectivity index (χ1n) is 12.8. The number of hydrogen-bond donors (Lipinski definition) is 2. The number of amides is 2. The van der Waals surface area contributed by atoms with Crippen molar-refractivity contribution < 1.29 is 32.6 Å². The third kappa shape index (κ3) is 8.47. The summed E-state index contributed by atoms with van der Waals surface area (Å²) in [6, 6.07) is 30.6. The third-order valence-electron chi connectivity index (χ3n) is 6.06. The average molecular weight is 559 g/mol. The fraction of sp³-hybridized carbons (Fsp3) is 0.156. The maximum atomic E-state index is 15.1. The van der Waals surface area contributed by atoms with Crippen LogP contribution in [-0.4, -0.2) is 29.7 Å². The van der Waals surface area contributed by atoms with Crippen LogP contribution in [0.1, 0.15) is 16.7 Å². The van der Waals surface area contributed by atoms with E-state index in [4.69, 9.17) is 9.47 Å². The lowest BCUT2D eigenvalue weighted by molar-refractivity contribution is -0.159. The molecule has 0 aliphatic rings. The van der Waals surface area contributed by atoms with E-state index in [1.165, 1.54) is 12.1 Å². The maximum absolute atomic E-state index is 15.1. The van der Waals surface area contributed by atoms with Crippen LogP contribution in [0.4, 0.5) is 13.6 Å². The number of halogens is 2. The molecule has 0 bridgehead atoms. The number of benzene rings is 4. The molecule has 41 heavy (non-hydrogen) atoms. The predicted octanol–water partition coefficient (Wildman–Crippen LogP) is 5.49. The van der Waals surface area contributed by atoms with Crippen LogP contribution >= 0.6 is 0 Å². The maximum Gasteiger partial charge on any atom is 0.413 e. The molecule has 0 saturated heterocycles. The van der Waals surface area contributed by atoms with Crippen LogP contribution in [0.25, 0.3) is 0 Å². The molecule has 210 valence electrons. The van der Waals surface area contributed by atoms with Gasteiger partial charge in [-0.25, -0.2) is 4.79 Å². The van der Waals surface area contributed by atoms with Crippen LogP contribution in [-0.2, 0) is 29.2 Å². The van der Waals surface area contributed by atoms with Gasteiger partial charge >= 0.3 is 12.0 Å². The fourth-order valence-corrected chi connectivity index (χ4v) is 3.89. The monoisotopic (exact) mass is 558 g/mol. The highest BCUT2D eigenvalue weighted by Crippen LogP contribution is 2.22. The Hall–Kier alpha value is -5.05. The summed E-state index contributed by atoms with van der Waals surface area (Å²) in [5.41, 5.74) is 2.01. The van der Waals surface area contributed by atoms with E-state index in [1.54, 1.807) is 72.8 Å². The summed E-state index contributed by atoms with van der Waals surface area (Å²) < 4.78 is 41.1. The van der Waals surface area contributed by atoms with Gasteiger partial charge in [-0.15, -0.1) is 0 Å². The molecular weight excluding hydrogens is 530 g/mol. The largest absolute Gasteiger partial charge is 0.489 e. The normalized spacial score (nSPS) is 11.7. The number of Topliss-reactive ketones (excluding diaryl/α,β-unsaturated/α-hetero) is 1. The van der Waals surface area contributed by atoms with Crippen LogP contribution in [0.3, 0.4) is 0 Å².